The van der Waals surface area contributed by atoms with Gasteiger partial charge in [0.25, 0.3) is 0 Å². The molecule has 1 amide bonds. The number of hydrogen-bond donors (Lipinski definition) is 1. The molecule has 0 aliphatic heterocycles. The van der Waals surface area contributed by atoms with E-state index in [9.17, 15) is 4.79 Å². The van der Waals surface area contributed by atoms with Gasteiger partial charge in [-0.2, -0.15) is 10.5 Å². The zero-order valence-electron chi connectivity index (χ0n) is 6.96. The summed E-state index contributed by atoms with van der Waals surface area (Å²) in [7, 11) is 0. The third kappa shape index (κ3) is 0.579. The summed E-state index contributed by atoms with van der Waals surface area (Å²) in [6, 6.07) is 3.78. The Balaban J connectivity index is 3.15. The number of nitriles is 2. The molecule has 0 spiro atoms. The smallest absolute Gasteiger partial charge is 0.239 e. The molecule has 4 nitrogen and oxygen atoms in total. The van der Waals surface area contributed by atoms with Gasteiger partial charge in [-0.05, 0) is 0 Å². The molecule has 0 radical (unpaired) electrons. The highest BCUT2D eigenvalue weighted by Crippen LogP contribution is 2.67. The molecule has 0 aromatic carbocycles. The van der Waals surface area contributed by atoms with Crippen molar-refractivity contribution >= 4 is 5.91 Å². The molecule has 12 heavy (non-hydrogen) atoms. The van der Waals surface area contributed by atoms with E-state index in [0.29, 0.717) is 0 Å². The number of carbonyl (C=O) groups excluding carboxylic acids is 1. The maximum Gasteiger partial charge on any atom is 0.239 e. The SMILES string of the molecule is CC1(C)C(C#N)C1(C#N)C(N)=O. The minimum atomic E-state index is -1.26. The van der Waals surface area contributed by atoms with Gasteiger partial charge in [0.05, 0.1) is 18.1 Å². The van der Waals surface area contributed by atoms with Gasteiger partial charge in [-0.1, -0.05) is 13.8 Å². The molecule has 1 saturated carbocycles. The average molecular weight is 163 g/mol. The number of nitrogens with zero attached hydrogens (tertiary/aromatic N) is 2. The Labute approximate surface area is 70.6 Å². The molecule has 0 saturated heterocycles. The molecule has 0 bridgehead atoms. The van der Waals surface area contributed by atoms with E-state index in [2.05, 4.69) is 0 Å². The first kappa shape index (κ1) is 8.55. The highest BCUT2D eigenvalue weighted by atomic mass is 16.1. The molecule has 0 heterocycles. The summed E-state index contributed by atoms with van der Waals surface area (Å²) >= 11 is 0. The van der Waals surface area contributed by atoms with Gasteiger partial charge in [0, 0.05) is 5.41 Å². The van der Waals surface area contributed by atoms with Crippen LogP contribution in [0.4, 0.5) is 0 Å². The Morgan fingerprint density at radius 2 is 2.00 bits per heavy atom. The zero-order valence-corrected chi connectivity index (χ0v) is 6.96. The summed E-state index contributed by atoms with van der Waals surface area (Å²) in [4.78, 5) is 10.9. The van der Waals surface area contributed by atoms with E-state index in [4.69, 9.17) is 16.3 Å². The molecule has 1 rings (SSSR count). The molecule has 0 aromatic heterocycles. The Kier molecular flexibility index (Phi) is 1.41. The largest absolute Gasteiger partial charge is 0.368 e. The highest BCUT2D eigenvalue weighted by Gasteiger charge is 2.77. The number of nitrogens with two attached hydrogens (primary N) is 1. The van der Waals surface area contributed by atoms with Gasteiger partial charge in [-0.3, -0.25) is 4.79 Å². The van der Waals surface area contributed by atoms with Gasteiger partial charge in [-0.25, -0.2) is 0 Å². The molecule has 1 aliphatic carbocycles. The lowest BCUT2D eigenvalue weighted by atomic mass is 9.97. The van der Waals surface area contributed by atoms with Gasteiger partial charge in [0.2, 0.25) is 5.91 Å². The molecule has 2 atom stereocenters. The molecule has 2 unspecified atom stereocenters. The Morgan fingerprint density at radius 1 is 1.50 bits per heavy atom. The normalized spacial score (nSPS) is 36.2. The fourth-order valence-corrected chi connectivity index (χ4v) is 1.75. The average Bonchev–Trinajstić information content (AvgIpc) is 2.47. The van der Waals surface area contributed by atoms with Crippen LogP contribution in [0.2, 0.25) is 0 Å². The van der Waals surface area contributed by atoms with Crippen molar-refractivity contribution in [3.63, 3.8) is 0 Å². The molecule has 1 fully saturated rings. The van der Waals surface area contributed by atoms with E-state index in [0.717, 1.165) is 0 Å². The van der Waals surface area contributed by atoms with Crippen molar-refractivity contribution in [3.8, 4) is 12.1 Å². The second-order valence-electron chi connectivity index (χ2n) is 3.57. The summed E-state index contributed by atoms with van der Waals surface area (Å²) in [5, 5.41) is 17.4. The number of amides is 1. The molecule has 4 heteroatoms. The van der Waals surface area contributed by atoms with E-state index in [-0.39, 0.29) is 0 Å². The Morgan fingerprint density at radius 3 is 2.08 bits per heavy atom. The van der Waals surface area contributed by atoms with E-state index in [1.807, 2.05) is 12.1 Å². The van der Waals surface area contributed by atoms with E-state index in [1.54, 1.807) is 13.8 Å². The van der Waals surface area contributed by atoms with Gasteiger partial charge in [-0.15, -0.1) is 0 Å². The quantitative estimate of drug-likeness (QED) is 0.596. The van der Waals surface area contributed by atoms with Crippen LogP contribution < -0.4 is 5.73 Å². The second kappa shape index (κ2) is 1.98. The second-order valence-corrected chi connectivity index (χ2v) is 3.57. The fraction of sp³-hybridized carbons (Fsp3) is 0.625. The molecular formula is C8H9N3O. The van der Waals surface area contributed by atoms with Crippen LogP contribution in [0.15, 0.2) is 0 Å². The molecule has 1 aliphatic rings. The molecule has 2 N–H and O–H groups in total. The van der Waals surface area contributed by atoms with Crippen molar-refractivity contribution < 1.29 is 4.79 Å². The Hall–Kier alpha value is -1.55. The standard InChI is InChI=1S/C8H9N3O/c1-7(2)5(3-9)8(7,4-10)6(11)12/h5H,1-2H3,(H2,11,12). The summed E-state index contributed by atoms with van der Waals surface area (Å²) in [5.41, 5.74) is 3.22. The molecular weight excluding hydrogens is 154 g/mol. The molecule has 0 aromatic rings. The maximum atomic E-state index is 10.9. The number of primary amides is 1. The molecule has 62 valence electrons. The topological polar surface area (TPSA) is 90.7 Å². The highest BCUT2D eigenvalue weighted by molar-refractivity contribution is 5.90. The van der Waals surface area contributed by atoms with Crippen molar-refractivity contribution in [2.24, 2.45) is 22.5 Å². The third-order valence-electron chi connectivity index (χ3n) is 2.78. The lowest BCUT2D eigenvalue weighted by Crippen LogP contribution is -2.28. The predicted molar refractivity (Wildman–Crippen MR) is 40.1 cm³/mol. The van der Waals surface area contributed by atoms with Crippen LogP contribution in [0, 0.1) is 39.4 Å². The van der Waals surface area contributed by atoms with Crippen LogP contribution in [0.5, 0.6) is 0 Å². The minimum absolute atomic E-state index is 0.563. The van der Waals surface area contributed by atoms with Crippen LogP contribution >= 0.6 is 0 Å². The first-order chi connectivity index (χ1) is 5.45. The van der Waals surface area contributed by atoms with Crippen LogP contribution in [0.1, 0.15) is 13.8 Å². The summed E-state index contributed by atoms with van der Waals surface area (Å²) in [5.74, 6) is -1.26. The van der Waals surface area contributed by atoms with Crippen molar-refractivity contribution in [2.45, 2.75) is 13.8 Å². The lowest BCUT2D eigenvalue weighted by molar-refractivity contribution is -0.122. The number of carbonyl (C=O) groups is 1. The monoisotopic (exact) mass is 163 g/mol. The summed E-state index contributed by atoms with van der Waals surface area (Å²) in [6.45, 7) is 3.41. The Bertz CT molecular complexity index is 320. The van der Waals surface area contributed by atoms with Crippen molar-refractivity contribution in [1.82, 2.24) is 0 Å². The predicted octanol–water partition coefficient (Wildman–Crippen LogP) is 0.161. The number of rotatable bonds is 1. The number of hydrogen-bond acceptors (Lipinski definition) is 3. The lowest BCUT2D eigenvalue weighted by Gasteiger charge is -2.04. The third-order valence-corrected chi connectivity index (χ3v) is 2.78. The van der Waals surface area contributed by atoms with Crippen molar-refractivity contribution in [3.05, 3.63) is 0 Å². The van der Waals surface area contributed by atoms with Gasteiger partial charge in [0.15, 0.2) is 5.41 Å². The van der Waals surface area contributed by atoms with E-state index in [1.165, 1.54) is 0 Å². The van der Waals surface area contributed by atoms with Crippen LogP contribution in [-0.4, -0.2) is 5.91 Å². The summed E-state index contributed by atoms with van der Waals surface area (Å²) in [6.07, 6.45) is 0. The van der Waals surface area contributed by atoms with E-state index < -0.39 is 22.7 Å². The van der Waals surface area contributed by atoms with E-state index >= 15 is 0 Å². The first-order valence-electron chi connectivity index (χ1n) is 3.56. The minimum Gasteiger partial charge on any atom is -0.368 e. The van der Waals surface area contributed by atoms with Crippen LogP contribution in [0.3, 0.4) is 0 Å². The van der Waals surface area contributed by atoms with Crippen LogP contribution in [-0.2, 0) is 4.79 Å². The van der Waals surface area contributed by atoms with Crippen molar-refractivity contribution in [1.29, 1.82) is 10.5 Å². The maximum absolute atomic E-state index is 10.9. The zero-order chi connectivity index (χ0) is 9.57. The van der Waals surface area contributed by atoms with Gasteiger partial charge < -0.3 is 5.73 Å². The first-order valence-corrected chi connectivity index (χ1v) is 3.56. The fourth-order valence-electron chi connectivity index (χ4n) is 1.75. The van der Waals surface area contributed by atoms with Gasteiger partial charge in [0.1, 0.15) is 0 Å². The summed E-state index contributed by atoms with van der Waals surface area (Å²) < 4.78 is 0. The van der Waals surface area contributed by atoms with Crippen molar-refractivity contribution in [2.75, 3.05) is 0 Å². The van der Waals surface area contributed by atoms with Crippen LogP contribution in [0.25, 0.3) is 0 Å². The van der Waals surface area contributed by atoms with Gasteiger partial charge >= 0.3 is 0 Å².